The summed E-state index contributed by atoms with van der Waals surface area (Å²) in [5.41, 5.74) is 7.91. The standard InChI is InChI=1S/C13H13N3O/c1-9-4-6-15-11(7-9)12(17)8-10-3-2-5-16-13(10)14/h2-7H,8H2,1H3,(H2,14,16). The molecule has 0 aromatic carbocycles. The minimum atomic E-state index is -0.0478. The summed E-state index contributed by atoms with van der Waals surface area (Å²) in [7, 11) is 0. The summed E-state index contributed by atoms with van der Waals surface area (Å²) in [4.78, 5) is 20.0. The smallest absolute Gasteiger partial charge is 0.185 e. The zero-order valence-corrected chi connectivity index (χ0v) is 9.55. The molecule has 17 heavy (non-hydrogen) atoms. The summed E-state index contributed by atoms with van der Waals surface area (Å²) < 4.78 is 0. The first-order valence-corrected chi connectivity index (χ1v) is 5.32. The highest BCUT2D eigenvalue weighted by Gasteiger charge is 2.10. The molecule has 0 aliphatic heterocycles. The van der Waals surface area contributed by atoms with Crippen molar-refractivity contribution in [2.75, 3.05) is 5.73 Å². The van der Waals surface area contributed by atoms with E-state index in [-0.39, 0.29) is 12.2 Å². The van der Waals surface area contributed by atoms with Crippen LogP contribution in [0.5, 0.6) is 0 Å². The van der Waals surface area contributed by atoms with Crippen LogP contribution in [0, 0.1) is 6.92 Å². The molecule has 2 rings (SSSR count). The topological polar surface area (TPSA) is 68.9 Å². The zero-order valence-electron chi connectivity index (χ0n) is 9.55. The molecule has 4 heteroatoms. The van der Waals surface area contributed by atoms with E-state index in [1.807, 2.05) is 13.0 Å². The van der Waals surface area contributed by atoms with Crippen LogP contribution in [0.15, 0.2) is 36.7 Å². The lowest BCUT2D eigenvalue weighted by molar-refractivity contribution is 0.0988. The Bertz CT molecular complexity index is 552. The number of aromatic nitrogens is 2. The number of nitrogens with two attached hydrogens (primary N) is 1. The van der Waals surface area contributed by atoms with Crippen LogP contribution in [-0.2, 0) is 6.42 Å². The molecular weight excluding hydrogens is 214 g/mol. The lowest BCUT2D eigenvalue weighted by Gasteiger charge is -2.03. The number of hydrogen-bond acceptors (Lipinski definition) is 4. The maximum atomic E-state index is 12.0. The molecule has 0 spiro atoms. The highest BCUT2D eigenvalue weighted by molar-refractivity contribution is 5.96. The summed E-state index contributed by atoms with van der Waals surface area (Å²) in [6.45, 7) is 1.93. The van der Waals surface area contributed by atoms with Gasteiger partial charge >= 0.3 is 0 Å². The molecule has 0 unspecified atom stereocenters. The molecule has 0 atom stereocenters. The lowest BCUT2D eigenvalue weighted by Crippen LogP contribution is -2.08. The van der Waals surface area contributed by atoms with Gasteiger partial charge in [-0.25, -0.2) is 4.98 Å². The minimum absolute atomic E-state index is 0.0478. The van der Waals surface area contributed by atoms with Crippen LogP contribution in [0.25, 0.3) is 0 Å². The van der Waals surface area contributed by atoms with E-state index in [2.05, 4.69) is 9.97 Å². The highest BCUT2D eigenvalue weighted by Crippen LogP contribution is 2.11. The Morgan fingerprint density at radius 1 is 1.29 bits per heavy atom. The molecule has 2 heterocycles. The van der Waals surface area contributed by atoms with E-state index < -0.39 is 0 Å². The average molecular weight is 227 g/mol. The normalized spacial score (nSPS) is 10.2. The average Bonchev–Trinajstić information content (AvgIpc) is 2.32. The molecule has 0 aliphatic rings. The van der Waals surface area contributed by atoms with Crippen LogP contribution >= 0.6 is 0 Å². The summed E-state index contributed by atoms with van der Waals surface area (Å²) in [5.74, 6) is 0.349. The first-order valence-electron chi connectivity index (χ1n) is 5.32. The Kier molecular flexibility index (Phi) is 3.14. The maximum absolute atomic E-state index is 12.0. The van der Waals surface area contributed by atoms with E-state index in [1.165, 1.54) is 0 Å². The molecule has 0 saturated heterocycles. The third kappa shape index (κ3) is 2.66. The monoisotopic (exact) mass is 227 g/mol. The SMILES string of the molecule is Cc1ccnc(C(=O)Cc2cccnc2N)c1. The van der Waals surface area contributed by atoms with Crippen molar-refractivity contribution >= 4 is 11.6 Å². The quantitative estimate of drug-likeness (QED) is 0.812. The molecule has 86 valence electrons. The Morgan fingerprint density at radius 2 is 2.12 bits per heavy atom. The van der Waals surface area contributed by atoms with Crippen LogP contribution in [-0.4, -0.2) is 15.8 Å². The number of nitrogens with zero attached hydrogens (tertiary/aromatic N) is 2. The summed E-state index contributed by atoms with van der Waals surface area (Å²) >= 11 is 0. The maximum Gasteiger partial charge on any atom is 0.185 e. The number of Topliss-reactive ketones (excluding diaryl/α,β-unsaturated/α-hetero) is 1. The Hall–Kier alpha value is -2.23. The minimum Gasteiger partial charge on any atom is -0.383 e. The van der Waals surface area contributed by atoms with Crippen molar-refractivity contribution in [1.82, 2.24) is 9.97 Å². The molecule has 2 aromatic heterocycles. The van der Waals surface area contributed by atoms with Crippen molar-refractivity contribution in [2.24, 2.45) is 0 Å². The van der Waals surface area contributed by atoms with E-state index >= 15 is 0 Å². The van der Waals surface area contributed by atoms with E-state index in [4.69, 9.17) is 5.73 Å². The van der Waals surface area contributed by atoms with Crippen molar-refractivity contribution in [3.8, 4) is 0 Å². The molecule has 0 bridgehead atoms. The number of rotatable bonds is 3. The third-order valence-corrected chi connectivity index (χ3v) is 2.48. The molecule has 2 aromatic rings. The fourth-order valence-electron chi connectivity index (χ4n) is 1.55. The van der Waals surface area contributed by atoms with Crippen molar-refractivity contribution < 1.29 is 4.79 Å². The van der Waals surface area contributed by atoms with E-state index in [0.29, 0.717) is 11.5 Å². The number of pyridine rings is 2. The number of aryl methyl sites for hydroxylation is 1. The first-order chi connectivity index (χ1) is 8.16. The van der Waals surface area contributed by atoms with Crippen molar-refractivity contribution in [3.05, 3.63) is 53.5 Å². The van der Waals surface area contributed by atoms with Gasteiger partial charge in [0.25, 0.3) is 0 Å². The molecule has 0 amide bonds. The van der Waals surface area contributed by atoms with Crippen molar-refractivity contribution in [3.63, 3.8) is 0 Å². The van der Waals surface area contributed by atoms with Crippen molar-refractivity contribution in [1.29, 1.82) is 0 Å². The molecule has 0 fully saturated rings. The molecule has 0 aliphatic carbocycles. The number of nitrogen functional groups attached to an aromatic ring is 1. The highest BCUT2D eigenvalue weighted by atomic mass is 16.1. The van der Waals surface area contributed by atoms with Gasteiger partial charge in [-0.3, -0.25) is 9.78 Å². The van der Waals surface area contributed by atoms with Crippen LogP contribution in [0.2, 0.25) is 0 Å². The Labute approximate surface area is 99.5 Å². The van der Waals surface area contributed by atoms with E-state index in [0.717, 1.165) is 11.1 Å². The molecule has 0 radical (unpaired) electrons. The second-order valence-corrected chi connectivity index (χ2v) is 3.87. The van der Waals surface area contributed by atoms with Crippen LogP contribution in [0.1, 0.15) is 21.6 Å². The fourth-order valence-corrected chi connectivity index (χ4v) is 1.55. The molecule has 4 nitrogen and oxygen atoms in total. The summed E-state index contributed by atoms with van der Waals surface area (Å²) in [6.07, 6.45) is 3.47. The molecular formula is C13H13N3O. The van der Waals surface area contributed by atoms with Gasteiger partial charge in [0.2, 0.25) is 0 Å². The van der Waals surface area contributed by atoms with E-state index in [1.54, 1.807) is 30.6 Å². The Balaban J connectivity index is 2.20. The van der Waals surface area contributed by atoms with Gasteiger partial charge in [0.05, 0.1) is 0 Å². The number of hydrogen-bond donors (Lipinski definition) is 1. The van der Waals surface area contributed by atoms with Gasteiger partial charge in [-0.1, -0.05) is 6.07 Å². The number of carbonyl (C=O) groups is 1. The van der Waals surface area contributed by atoms with Gasteiger partial charge in [0.1, 0.15) is 11.5 Å². The second kappa shape index (κ2) is 4.74. The van der Waals surface area contributed by atoms with Gasteiger partial charge in [-0.15, -0.1) is 0 Å². The predicted molar refractivity (Wildman–Crippen MR) is 65.7 cm³/mol. The number of ketones is 1. The van der Waals surface area contributed by atoms with Gasteiger partial charge < -0.3 is 5.73 Å². The first kappa shape index (κ1) is 11.3. The zero-order chi connectivity index (χ0) is 12.3. The fraction of sp³-hybridized carbons (Fsp3) is 0.154. The Morgan fingerprint density at radius 3 is 2.82 bits per heavy atom. The molecule has 0 saturated carbocycles. The predicted octanol–water partition coefficient (Wildman–Crippen LogP) is 1.79. The number of carbonyl (C=O) groups excluding carboxylic acids is 1. The second-order valence-electron chi connectivity index (χ2n) is 3.87. The summed E-state index contributed by atoms with van der Waals surface area (Å²) in [6, 6.07) is 7.20. The van der Waals surface area contributed by atoms with E-state index in [9.17, 15) is 4.79 Å². The van der Waals surface area contributed by atoms with Gasteiger partial charge in [0, 0.05) is 24.4 Å². The van der Waals surface area contributed by atoms with Crippen molar-refractivity contribution in [2.45, 2.75) is 13.3 Å². The van der Waals surface area contributed by atoms with Gasteiger partial charge in [0.15, 0.2) is 5.78 Å². The van der Waals surface area contributed by atoms with Gasteiger partial charge in [-0.2, -0.15) is 0 Å². The molecule has 2 N–H and O–H groups in total. The third-order valence-electron chi connectivity index (χ3n) is 2.48. The van der Waals surface area contributed by atoms with Crippen LogP contribution in [0.3, 0.4) is 0 Å². The van der Waals surface area contributed by atoms with Crippen LogP contribution in [0.4, 0.5) is 5.82 Å². The lowest BCUT2D eigenvalue weighted by atomic mass is 10.1. The summed E-state index contributed by atoms with van der Waals surface area (Å²) in [5, 5.41) is 0. The van der Waals surface area contributed by atoms with Crippen LogP contribution < -0.4 is 5.73 Å². The number of anilines is 1. The largest absolute Gasteiger partial charge is 0.383 e. The van der Waals surface area contributed by atoms with Gasteiger partial charge in [-0.05, 0) is 30.7 Å².